The maximum absolute atomic E-state index is 10.3. The molecule has 0 spiro atoms. The van der Waals surface area contributed by atoms with Crippen molar-refractivity contribution < 1.29 is 42.8 Å². The van der Waals surface area contributed by atoms with Crippen LogP contribution >= 0.6 is 0 Å². The van der Waals surface area contributed by atoms with Crippen LogP contribution in [0.4, 0.5) is 5.69 Å². The topological polar surface area (TPSA) is 26.3 Å². The molecule has 0 saturated heterocycles. The second kappa shape index (κ2) is 8.76. The van der Waals surface area contributed by atoms with Crippen molar-refractivity contribution in [3.05, 3.63) is 30.3 Å². The fraction of sp³-hybridized carbons (Fsp3) is 0.333. The molecule has 0 amide bonds. The minimum Gasteiger partial charge on any atom is -0.853 e. The first kappa shape index (κ1) is 15.6. The molecule has 0 bridgehead atoms. The molecular formula is C9H11Li2NO. The molecule has 0 unspecified atom stereocenters. The van der Waals surface area contributed by atoms with E-state index in [0.717, 1.165) is 5.69 Å². The molecule has 0 aliphatic carbocycles. The van der Waals surface area contributed by atoms with Gasteiger partial charge in [-0.25, -0.2) is 0 Å². The summed E-state index contributed by atoms with van der Waals surface area (Å²) in [7, 11) is 1.89. The van der Waals surface area contributed by atoms with Crippen molar-refractivity contribution in [1.82, 2.24) is 0 Å². The van der Waals surface area contributed by atoms with Crippen molar-refractivity contribution in [2.75, 3.05) is 25.1 Å². The van der Waals surface area contributed by atoms with Crippen LogP contribution in [0.3, 0.4) is 0 Å². The molecule has 1 aromatic rings. The van der Waals surface area contributed by atoms with Crippen molar-refractivity contribution in [2.24, 2.45) is 0 Å². The molecule has 1 rings (SSSR count). The largest absolute Gasteiger partial charge is 1.00 e. The van der Waals surface area contributed by atoms with Gasteiger partial charge in [0.2, 0.25) is 0 Å². The van der Waals surface area contributed by atoms with E-state index in [1.807, 2.05) is 36.2 Å². The van der Waals surface area contributed by atoms with E-state index in [-0.39, 0.29) is 44.3 Å². The van der Waals surface area contributed by atoms with Crippen LogP contribution < -0.4 is 47.7 Å². The van der Waals surface area contributed by atoms with Crippen molar-refractivity contribution in [1.29, 1.82) is 0 Å². The van der Waals surface area contributed by atoms with Crippen molar-refractivity contribution >= 4 is 5.69 Å². The fourth-order valence-corrected chi connectivity index (χ4v) is 0.879. The van der Waals surface area contributed by atoms with Crippen LogP contribution in [-0.4, -0.2) is 20.2 Å². The first-order valence-corrected chi connectivity index (χ1v) is 3.60. The Kier molecular flexibility index (Phi) is 10.5. The summed E-state index contributed by atoms with van der Waals surface area (Å²) in [6.45, 7) is 0.472. The van der Waals surface area contributed by atoms with Gasteiger partial charge in [-0.2, -0.15) is 24.3 Å². The molecule has 0 heterocycles. The number of rotatable bonds is 3. The van der Waals surface area contributed by atoms with Crippen LogP contribution in [0.15, 0.2) is 24.3 Å². The number of nitrogens with zero attached hydrogens (tertiary/aromatic N) is 1. The average Bonchev–Trinajstić information content (AvgIpc) is 2.07. The summed E-state index contributed by atoms with van der Waals surface area (Å²) in [5.41, 5.74) is 0.975. The van der Waals surface area contributed by atoms with Gasteiger partial charge in [0.15, 0.2) is 0 Å². The Hall–Kier alpha value is 0.175. The summed E-state index contributed by atoms with van der Waals surface area (Å²) < 4.78 is 0. The zero-order valence-corrected chi connectivity index (χ0v) is 8.58. The molecule has 1 aromatic carbocycles. The Bertz CT molecular complexity index is 206. The SMILES string of the molecule is CN(CC[O-])c1[c-]cccc1.[Li+].[Li+]. The molecule has 0 fully saturated rings. The first-order chi connectivity index (χ1) is 5.34. The minimum absolute atomic E-state index is 0. The standard InChI is InChI=1S/C9H11NO.2Li/c1-10(7-8-11)9-5-3-2-4-6-9;;/h2-5H,7-8H2,1H3;;/q-2;2*+1. The molecule has 0 aliphatic heterocycles. The van der Waals surface area contributed by atoms with E-state index in [2.05, 4.69) is 6.07 Å². The number of hydrogen-bond donors (Lipinski definition) is 0. The van der Waals surface area contributed by atoms with Crippen LogP contribution in [0, 0.1) is 6.07 Å². The second-order valence-electron chi connectivity index (χ2n) is 2.37. The van der Waals surface area contributed by atoms with Crippen LogP contribution in [0.25, 0.3) is 0 Å². The molecule has 0 radical (unpaired) electrons. The van der Waals surface area contributed by atoms with Gasteiger partial charge in [0.05, 0.1) is 0 Å². The van der Waals surface area contributed by atoms with Crippen molar-refractivity contribution in [3.8, 4) is 0 Å². The molecule has 0 aliphatic rings. The van der Waals surface area contributed by atoms with Crippen LogP contribution in [-0.2, 0) is 0 Å². The second-order valence-corrected chi connectivity index (χ2v) is 2.37. The molecule has 0 atom stereocenters. The maximum Gasteiger partial charge on any atom is 1.00 e. The van der Waals surface area contributed by atoms with Crippen LogP contribution in [0.2, 0.25) is 0 Å². The van der Waals surface area contributed by atoms with E-state index in [4.69, 9.17) is 0 Å². The Labute approximate surface area is 104 Å². The number of hydrogen-bond acceptors (Lipinski definition) is 2. The quantitative estimate of drug-likeness (QED) is 0.328. The number of para-hydroxylation sites is 1. The molecule has 0 aromatic heterocycles. The molecule has 4 heteroatoms. The van der Waals surface area contributed by atoms with Crippen molar-refractivity contribution in [3.63, 3.8) is 0 Å². The smallest absolute Gasteiger partial charge is 0.853 e. The zero-order valence-electron chi connectivity index (χ0n) is 8.58. The summed E-state index contributed by atoms with van der Waals surface area (Å²) >= 11 is 0. The van der Waals surface area contributed by atoms with E-state index in [0.29, 0.717) is 6.54 Å². The summed E-state index contributed by atoms with van der Waals surface area (Å²) in [5, 5.41) is 10.3. The van der Waals surface area contributed by atoms with Crippen molar-refractivity contribution in [2.45, 2.75) is 0 Å². The Morgan fingerprint density at radius 2 is 2.08 bits per heavy atom. The van der Waals surface area contributed by atoms with Gasteiger partial charge < -0.3 is 10.0 Å². The summed E-state index contributed by atoms with van der Waals surface area (Å²) in [6.07, 6.45) is 0. The van der Waals surface area contributed by atoms with Gasteiger partial charge in [0.1, 0.15) is 0 Å². The van der Waals surface area contributed by atoms with Gasteiger partial charge in [-0.15, -0.1) is 12.7 Å². The van der Waals surface area contributed by atoms with Gasteiger partial charge in [0, 0.05) is 7.05 Å². The monoisotopic (exact) mass is 163 g/mol. The van der Waals surface area contributed by atoms with Crippen LogP contribution in [0.1, 0.15) is 0 Å². The third kappa shape index (κ3) is 5.47. The number of benzene rings is 1. The van der Waals surface area contributed by atoms with E-state index >= 15 is 0 Å². The summed E-state index contributed by atoms with van der Waals surface area (Å²) in [6, 6.07) is 10.7. The van der Waals surface area contributed by atoms with E-state index < -0.39 is 0 Å². The average molecular weight is 163 g/mol. The van der Waals surface area contributed by atoms with E-state index in [9.17, 15) is 5.11 Å². The predicted molar refractivity (Wildman–Crippen MR) is 43.4 cm³/mol. The summed E-state index contributed by atoms with van der Waals surface area (Å²) in [5.74, 6) is 0. The molecule has 13 heavy (non-hydrogen) atoms. The molecule has 2 nitrogen and oxygen atoms in total. The van der Waals surface area contributed by atoms with Gasteiger partial charge >= 0.3 is 37.7 Å². The number of anilines is 1. The first-order valence-electron chi connectivity index (χ1n) is 3.60. The van der Waals surface area contributed by atoms with Crippen LogP contribution in [0.5, 0.6) is 0 Å². The number of likely N-dealkylation sites (N-methyl/N-ethyl adjacent to an activating group) is 1. The fourth-order valence-electron chi connectivity index (χ4n) is 0.879. The Balaban J connectivity index is 0. The third-order valence-corrected chi connectivity index (χ3v) is 1.53. The van der Waals surface area contributed by atoms with E-state index in [1.54, 1.807) is 0 Å². The minimum atomic E-state index is -0.0702. The normalized spacial score (nSPS) is 8.15. The van der Waals surface area contributed by atoms with Gasteiger partial charge in [-0.3, -0.25) is 0 Å². The zero-order chi connectivity index (χ0) is 8.10. The third-order valence-electron chi connectivity index (χ3n) is 1.53. The molecular weight excluding hydrogens is 152 g/mol. The molecule has 0 N–H and O–H groups in total. The van der Waals surface area contributed by atoms with E-state index in [1.165, 1.54) is 0 Å². The molecule has 60 valence electrons. The van der Waals surface area contributed by atoms with Gasteiger partial charge in [-0.05, 0) is 6.54 Å². The molecule has 0 saturated carbocycles. The van der Waals surface area contributed by atoms with Gasteiger partial charge in [-0.1, -0.05) is 5.69 Å². The predicted octanol–water partition coefficient (Wildman–Crippen LogP) is -5.71. The Morgan fingerprint density at radius 3 is 2.54 bits per heavy atom. The summed E-state index contributed by atoms with van der Waals surface area (Å²) in [4.78, 5) is 1.90. The maximum atomic E-state index is 10.3. The van der Waals surface area contributed by atoms with Gasteiger partial charge in [0.25, 0.3) is 0 Å². The Morgan fingerprint density at radius 1 is 1.38 bits per heavy atom.